The maximum Gasteiger partial charge on any atom is 0.238 e. The molecule has 1 N–H and O–H groups in total. The maximum absolute atomic E-state index is 12.3. The van der Waals surface area contributed by atoms with Gasteiger partial charge in [-0.3, -0.25) is 9.69 Å². The molecule has 1 fully saturated rings. The van der Waals surface area contributed by atoms with Crippen molar-refractivity contribution in [3.8, 4) is 0 Å². The summed E-state index contributed by atoms with van der Waals surface area (Å²) < 4.78 is 0. The Morgan fingerprint density at radius 3 is 2.70 bits per heavy atom. The fourth-order valence-electron chi connectivity index (χ4n) is 3.03. The van der Waals surface area contributed by atoms with Gasteiger partial charge in [-0.15, -0.1) is 0 Å². The van der Waals surface area contributed by atoms with Crippen molar-refractivity contribution in [2.75, 3.05) is 18.4 Å². The van der Waals surface area contributed by atoms with E-state index in [0.29, 0.717) is 28.3 Å². The molecule has 1 amide bonds. The Labute approximate surface area is 146 Å². The van der Waals surface area contributed by atoms with E-state index in [0.717, 1.165) is 19.4 Å². The van der Waals surface area contributed by atoms with E-state index in [-0.39, 0.29) is 5.91 Å². The molecule has 2 aromatic rings. The predicted octanol–water partition coefficient (Wildman–Crippen LogP) is 4.77. The second-order valence-corrected chi connectivity index (χ2v) is 6.56. The first kappa shape index (κ1) is 16.3. The lowest BCUT2D eigenvalue weighted by atomic mass is 10.0. The van der Waals surface area contributed by atoms with Gasteiger partial charge in [-0.25, -0.2) is 0 Å². The van der Waals surface area contributed by atoms with Gasteiger partial charge < -0.3 is 5.32 Å². The molecular formula is C18H18Cl2N2O. The van der Waals surface area contributed by atoms with Gasteiger partial charge in [-0.1, -0.05) is 53.5 Å². The van der Waals surface area contributed by atoms with Crippen molar-refractivity contribution in [1.82, 2.24) is 4.90 Å². The number of hydrogen-bond acceptors (Lipinski definition) is 2. The zero-order valence-corrected chi connectivity index (χ0v) is 14.1. The van der Waals surface area contributed by atoms with Crippen molar-refractivity contribution in [2.45, 2.75) is 18.9 Å². The number of carbonyl (C=O) groups excluding carboxylic acids is 1. The van der Waals surface area contributed by atoms with Crippen LogP contribution in [-0.2, 0) is 4.79 Å². The molecule has 2 aromatic carbocycles. The van der Waals surface area contributed by atoms with Crippen LogP contribution in [-0.4, -0.2) is 23.9 Å². The van der Waals surface area contributed by atoms with E-state index in [4.69, 9.17) is 23.2 Å². The maximum atomic E-state index is 12.3. The Morgan fingerprint density at radius 1 is 1.17 bits per heavy atom. The molecule has 1 atom stereocenters. The quantitative estimate of drug-likeness (QED) is 0.862. The Kier molecular flexibility index (Phi) is 5.21. The predicted molar refractivity (Wildman–Crippen MR) is 95.1 cm³/mol. The molecule has 0 aliphatic carbocycles. The Balaban J connectivity index is 1.65. The van der Waals surface area contributed by atoms with Gasteiger partial charge in [-0.05, 0) is 43.1 Å². The summed E-state index contributed by atoms with van der Waals surface area (Å²) in [5.41, 5.74) is 1.86. The van der Waals surface area contributed by atoms with Crippen molar-refractivity contribution < 1.29 is 4.79 Å². The van der Waals surface area contributed by atoms with Crippen LogP contribution in [0.25, 0.3) is 0 Å². The third-order valence-electron chi connectivity index (χ3n) is 4.10. The van der Waals surface area contributed by atoms with Crippen LogP contribution in [0.1, 0.15) is 24.4 Å². The SMILES string of the molecule is O=C(CN1CCCC1c1ccccc1)Nc1ccc(Cl)cc1Cl. The van der Waals surface area contributed by atoms with Gasteiger partial charge >= 0.3 is 0 Å². The van der Waals surface area contributed by atoms with Crippen LogP contribution in [0.2, 0.25) is 10.0 Å². The van der Waals surface area contributed by atoms with Crippen molar-refractivity contribution in [2.24, 2.45) is 0 Å². The molecule has 0 spiro atoms. The number of benzene rings is 2. The van der Waals surface area contributed by atoms with Gasteiger partial charge in [0.15, 0.2) is 0 Å². The lowest BCUT2D eigenvalue weighted by molar-refractivity contribution is -0.117. The summed E-state index contributed by atoms with van der Waals surface area (Å²) in [7, 11) is 0. The molecule has 1 saturated heterocycles. The number of nitrogens with zero attached hydrogens (tertiary/aromatic N) is 1. The summed E-state index contributed by atoms with van der Waals surface area (Å²) in [6.07, 6.45) is 2.19. The van der Waals surface area contributed by atoms with Gasteiger partial charge in [0.25, 0.3) is 0 Å². The monoisotopic (exact) mass is 348 g/mol. The minimum Gasteiger partial charge on any atom is -0.324 e. The molecule has 1 aliphatic heterocycles. The second-order valence-electron chi connectivity index (χ2n) is 5.71. The number of amides is 1. The highest BCUT2D eigenvalue weighted by Gasteiger charge is 2.27. The number of rotatable bonds is 4. The van der Waals surface area contributed by atoms with E-state index in [1.807, 2.05) is 18.2 Å². The molecule has 1 aliphatic rings. The van der Waals surface area contributed by atoms with E-state index < -0.39 is 0 Å². The highest BCUT2D eigenvalue weighted by molar-refractivity contribution is 6.36. The van der Waals surface area contributed by atoms with Gasteiger partial charge in [0.1, 0.15) is 0 Å². The Bertz CT molecular complexity index is 691. The lowest BCUT2D eigenvalue weighted by Crippen LogP contribution is -2.33. The molecule has 0 aromatic heterocycles. The van der Waals surface area contributed by atoms with Gasteiger partial charge in [0.2, 0.25) is 5.91 Å². The number of anilines is 1. The zero-order chi connectivity index (χ0) is 16.2. The van der Waals surface area contributed by atoms with Crippen molar-refractivity contribution in [3.63, 3.8) is 0 Å². The molecule has 1 heterocycles. The number of likely N-dealkylation sites (tertiary alicyclic amines) is 1. The number of carbonyl (C=O) groups is 1. The first-order valence-electron chi connectivity index (χ1n) is 7.67. The fourth-order valence-corrected chi connectivity index (χ4v) is 3.49. The molecule has 0 radical (unpaired) electrons. The standard InChI is InChI=1S/C18H18Cl2N2O/c19-14-8-9-16(15(20)11-14)21-18(23)12-22-10-4-7-17(22)13-5-2-1-3-6-13/h1-3,5-6,8-9,11,17H,4,7,10,12H2,(H,21,23). The molecular weight excluding hydrogens is 331 g/mol. The third-order valence-corrected chi connectivity index (χ3v) is 4.65. The first-order chi connectivity index (χ1) is 11.1. The minimum atomic E-state index is -0.0583. The summed E-state index contributed by atoms with van der Waals surface area (Å²) in [4.78, 5) is 14.6. The van der Waals surface area contributed by atoms with E-state index in [1.54, 1.807) is 18.2 Å². The topological polar surface area (TPSA) is 32.3 Å². The van der Waals surface area contributed by atoms with E-state index in [1.165, 1.54) is 5.56 Å². The van der Waals surface area contributed by atoms with Crippen molar-refractivity contribution in [1.29, 1.82) is 0 Å². The van der Waals surface area contributed by atoms with E-state index in [9.17, 15) is 4.79 Å². The molecule has 23 heavy (non-hydrogen) atoms. The van der Waals surface area contributed by atoms with Gasteiger partial charge in [-0.2, -0.15) is 0 Å². The van der Waals surface area contributed by atoms with Crippen LogP contribution >= 0.6 is 23.2 Å². The van der Waals surface area contributed by atoms with Crippen LogP contribution in [0.3, 0.4) is 0 Å². The summed E-state index contributed by atoms with van der Waals surface area (Å²) >= 11 is 12.0. The number of halogens is 2. The molecule has 1 unspecified atom stereocenters. The van der Waals surface area contributed by atoms with E-state index >= 15 is 0 Å². The Hall–Kier alpha value is -1.55. The highest BCUT2D eigenvalue weighted by atomic mass is 35.5. The fraction of sp³-hybridized carbons (Fsp3) is 0.278. The summed E-state index contributed by atoms with van der Waals surface area (Å²) in [6.45, 7) is 1.29. The average Bonchev–Trinajstić information content (AvgIpc) is 2.99. The van der Waals surface area contributed by atoms with Gasteiger partial charge in [0, 0.05) is 11.1 Å². The molecule has 0 bridgehead atoms. The minimum absolute atomic E-state index is 0.0583. The van der Waals surface area contributed by atoms with Crippen LogP contribution in [0.4, 0.5) is 5.69 Å². The molecule has 120 valence electrons. The zero-order valence-electron chi connectivity index (χ0n) is 12.6. The molecule has 3 rings (SSSR count). The smallest absolute Gasteiger partial charge is 0.238 e. The lowest BCUT2D eigenvalue weighted by Gasteiger charge is -2.24. The molecule has 3 nitrogen and oxygen atoms in total. The normalized spacial score (nSPS) is 18.1. The van der Waals surface area contributed by atoms with Gasteiger partial charge in [0.05, 0.1) is 17.3 Å². The average molecular weight is 349 g/mol. The molecule has 5 heteroatoms. The van der Waals surface area contributed by atoms with Crippen LogP contribution in [0, 0.1) is 0 Å². The van der Waals surface area contributed by atoms with E-state index in [2.05, 4.69) is 22.3 Å². The van der Waals surface area contributed by atoms with Crippen LogP contribution < -0.4 is 5.32 Å². The number of nitrogens with one attached hydrogen (secondary N) is 1. The third kappa shape index (κ3) is 4.05. The highest BCUT2D eigenvalue weighted by Crippen LogP contribution is 2.31. The summed E-state index contributed by atoms with van der Waals surface area (Å²) in [5.74, 6) is -0.0583. The van der Waals surface area contributed by atoms with Crippen molar-refractivity contribution >= 4 is 34.8 Å². The van der Waals surface area contributed by atoms with Crippen molar-refractivity contribution in [3.05, 3.63) is 64.1 Å². The largest absolute Gasteiger partial charge is 0.324 e. The van der Waals surface area contributed by atoms with Crippen LogP contribution in [0.15, 0.2) is 48.5 Å². The Morgan fingerprint density at radius 2 is 1.96 bits per heavy atom. The summed E-state index contributed by atoms with van der Waals surface area (Å²) in [6, 6.07) is 15.7. The second kappa shape index (κ2) is 7.35. The first-order valence-corrected chi connectivity index (χ1v) is 8.43. The van der Waals surface area contributed by atoms with Crippen LogP contribution in [0.5, 0.6) is 0 Å². The summed E-state index contributed by atoms with van der Waals surface area (Å²) in [5, 5.41) is 3.87. The number of hydrogen-bond donors (Lipinski definition) is 1. The molecule has 0 saturated carbocycles.